The van der Waals surface area contributed by atoms with Gasteiger partial charge in [0, 0.05) is 12.3 Å². The van der Waals surface area contributed by atoms with Crippen LogP contribution in [0.5, 0.6) is 5.75 Å². The Kier molecular flexibility index (Phi) is 16.2. The van der Waals surface area contributed by atoms with Gasteiger partial charge in [-0.3, -0.25) is 4.79 Å². The smallest absolute Gasteiger partial charge is 0.416 e. The Morgan fingerprint density at radius 1 is 0.849 bits per heavy atom. The van der Waals surface area contributed by atoms with Crippen molar-refractivity contribution < 1.29 is 41.1 Å². The maximum atomic E-state index is 13.5. The number of aliphatic carboxylic acids is 1. The van der Waals surface area contributed by atoms with Gasteiger partial charge < -0.3 is 23.1 Å². The SMILES string of the molecule is CC(C)(C)[Si](C)(C)OC1CC(O[Si](C)(C)C(C)(C)C)[C@H](C/C=C\CCCC(=O)O)[C@H]1/C=C/[C@H](COc1cccc(C(F)(F)F)c1)O[Si](C)(C)C(C)(C)C. The zero-order valence-corrected chi connectivity index (χ0v) is 38.4. The second-order valence-corrected chi connectivity index (χ2v) is 33.7. The van der Waals surface area contributed by atoms with Crippen LogP contribution in [-0.4, -0.2) is 60.9 Å². The van der Waals surface area contributed by atoms with Crippen molar-refractivity contribution in [2.24, 2.45) is 11.8 Å². The van der Waals surface area contributed by atoms with Gasteiger partial charge in [-0.05, 0) is 104 Å². The van der Waals surface area contributed by atoms with Crippen LogP contribution in [0.4, 0.5) is 13.2 Å². The number of alkyl halides is 3. The lowest BCUT2D eigenvalue weighted by molar-refractivity contribution is -0.138. The van der Waals surface area contributed by atoms with Gasteiger partial charge in [0.2, 0.25) is 0 Å². The van der Waals surface area contributed by atoms with E-state index in [2.05, 4.69) is 126 Å². The molecular weight excluding hydrogens is 730 g/mol. The molecule has 0 bridgehead atoms. The minimum absolute atomic E-state index is 0.00799. The number of carboxylic acid groups (broad SMARTS) is 1. The quantitative estimate of drug-likeness (QED) is 0.0961. The molecule has 0 radical (unpaired) electrons. The van der Waals surface area contributed by atoms with Gasteiger partial charge in [-0.2, -0.15) is 13.2 Å². The maximum Gasteiger partial charge on any atom is 0.416 e. The first-order chi connectivity index (χ1) is 23.9. The van der Waals surface area contributed by atoms with Crippen LogP contribution in [-0.2, 0) is 24.2 Å². The van der Waals surface area contributed by atoms with Crippen molar-refractivity contribution in [3.8, 4) is 5.75 Å². The van der Waals surface area contributed by atoms with Gasteiger partial charge in [-0.25, -0.2) is 0 Å². The van der Waals surface area contributed by atoms with Gasteiger partial charge in [0.25, 0.3) is 0 Å². The summed E-state index contributed by atoms with van der Waals surface area (Å²) in [4.78, 5) is 11.1. The third-order valence-corrected chi connectivity index (χ3v) is 25.6. The first-order valence-corrected chi connectivity index (χ1v) is 28.0. The number of allylic oxidation sites excluding steroid dienone is 2. The van der Waals surface area contributed by atoms with Crippen LogP contribution in [0.15, 0.2) is 48.6 Å². The summed E-state index contributed by atoms with van der Waals surface area (Å²) in [5, 5.41) is 9.01. The lowest BCUT2D eigenvalue weighted by Crippen LogP contribution is -2.45. The van der Waals surface area contributed by atoms with E-state index < -0.39 is 48.8 Å². The number of hydrogen-bond acceptors (Lipinski definition) is 5. The fourth-order valence-corrected chi connectivity index (χ4v) is 9.65. The molecule has 1 aromatic carbocycles. The second kappa shape index (κ2) is 18.0. The van der Waals surface area contributed by atoms with Gasteiger partial charge >= 0.3 is 12.1 Å². The van der Waals surface area contributed by atoms with E-state index in [1.165, 1.54) is 6.07 Å². The van der Waals surface area contributed by atoms with E-state index in [4.69, 9.17) is 23.1 Å². The van der Waals surface area contributed by atoms with Crippen LogP contribution in [0.1, 0.15) is 100.0 Å². The molecule has 1 saturated carbocycles. The molecule has 0 amide bonds. The number of ether oxygens (including phenoxy) is 1. The molecule has 6 nitrogen and oxygen atoms in total. The zero-order valence-electron chi connectivity index (χ0n) is 35.4. The minimum atomic E-state index is -4.47. The molecule has 1 aromatic rings. The van der Waals surface area contributed by atoms with Crippen LogP contribution >= 0.6 is 0 Å². The van der Waals surface area contributed by atoms with E-state index in [0.717, 1.165) is 25.0 Å². The van der Waals surface area contributed by atoms with E-state index in [0.29, 0.717) is 12.8 Å². The first kappa shape index (κ1) is 47.4. The number of carbonyl (C=O) groups is 1. The molecule has 0 saturated heterocycles. The topological polar surface area (TPSA) is 74.2 Å². The van der Waals surface area contributed by atoms with Gasteiger partial charge in [-0.15, -0.1) is 0 Å². The molecule has 1 N–H and O–H groups in total. The molecule has 12 heteroatoms. The number of benzene rings is 1. The van der Waals surface area contributed by atoms with Gasteiger partial charge in [0.15, 0.2) is 25.0 Å². The van der Waals surface area contributed by atoms with E-state index >= 15 is 0 Å². The van der Waals surface area contributed by atoms with Gasteiger partial charge in [-0.1, -0.05) is 92.7 Å². The van der Waals surface area contributed by atoms with Gasteiger partial charge in [0.05, 0.1) is 23.9 Å². The average Bonchev–Trinajstić information content (AvgIpc) is 3.27. The monoisotopic (exact) mass is 800 g/mol. The minimum Gasteiger partial charge on any atom is -0.491 e. The zero-order chi connectivity index (χ0) is 40.8. The Labute approximate surface area is 322 Å². The lowest BCUT2D eigenvalue weighted by atomic mass is 9.89. The summed E-state index contributed by atoms with van der Waals surface area (Å²) < 4.78 is 68.0. The second-order valence-electron chi connectivity index (χ2n) is 19.4. The molecule has 2 unspecified atom stereocenters. The molecule has 53 heavy (non-hydrogen) atoms. The summed E-state index contributed by atoms with van der Waals surface area (Å²) in [6, 6.07) is 4.99. The normalized spacial score (nSPS) is 21.8. The van der Waals surface area contributed by atoms with Crippen LogP contribution in [0.3, 0.4) is 0 Å². The fourth-order valence-electron chi connectivity index (χ4n) is 5.65. The highest BCUT2D eigenvalue weighted by molar-refractivity contribution is 6.75. The Bertz CT molecular complexity index is 1390. The van der Waals surface area contributed by atoms with E-state index in [-0.39, 0.29) is 57.9 Å². The third-order valence-electron chi connectivity index (χ3n) is 12.1. The Balaban J connectivity index is 2.63. The van der Waals surface area contributed by atoms with Crippen LogP contribution in [0.25, 0.3) is 0 Å². The molecule has 5 atom stereocenters. The van der Waals surface area contributed by atoms with Crippen LogP contribution in [0, 0.1) is 11.8 Å². The highest BCUT2D eigenvalue weighted by Crippen LogP contribution is 2.48. The Morgan fingerprint density at radius 2 is 1.40 bits per heavy atom. The van der Waals surface area contributed by atoms with E-state index in [1.54, 1.807) is 6.07 Å². The van der Waals surface area contributed by atoms with Crippen molar-refractivity contribution in [3.05, 3.63) is 54.1 Å². The molecule has 0 heterocycles. The largest absolute Gasteiger partial charge is 0.491 e. The molecular formula is C41H71F3O6Si3. The predicted octanol–water partition coefficient (Wildman–Crippen LogP) is 12.6. The molecule has 1 aliphatic rings. The number of halogens is 3. The van der Waals surface area contributed by atoms with Gasteiger partial charge in [0.1, 0.15) is 12.4 Å². The molecule has 304 valence electrons. The molecule has 0 aliphatic heterocycles. The van der Waals surface area contributed by atoms with Crippen molar-refractivity contribution in [1.82, 2.24) is 0 Å². The molecule has 0 spiro atoms. The predicted molar refractivity (Wildman–Crippen MR) is 219 cm³/mol. The molecule has 1 aliphatic carbocycles. The van der Waals surface area contributed by atoms with Crippen LogP contribution in [0.2, 0.25) is 54.4 Å². The van der Waals surface area contributed by atoms with Crippen LogP contribution < -0.4 is 4.74 Å². The summed E-state index contributed by atoms with van der Waals surface area (Å²) in [6.07, 6.45) is 6.28. The fraction of sp³-hybridized carbons (Fsp3) is 0.732. The van der Waals surface area contributed by atoms with E-state index in [9.17, 15) is 18.0 Å². The summed E-state index contributed by atoms with van der Waals surface area (Å²) in [7, 11) is -6.74. The maximum absolute atomic E-state index is 13.5. The molecule has 0 aromatic heterocycles. The van der Waals surface area contributed by atoms with Crippen molar-refractivity contribution in [1.29, 1.82) is 0 Å². The standard InChI is InChI=1S/C41H71F3O6Si3/c1-38(2,3)51(10,11)48-32(29-47-31-22-20-21-30(27-31)41(42,43)44)25-26-34-33(23-18-16-17-19-24-37(45)46)35(49-52(12,13)39(4,5)6)28-36(34)50-53(14,15)40(7,8)9/h16,18,20-22,25-27,32-36H,17,19,23-24,28-29H2,1-15H3,(H,45,46)/b18-16-,26-25+/t32-,33-,34-,35?,36?/m1/s1. The summed E-state index contributed by atoms with van der Waals surface area (Å²) in [5.41, 5.74) is -0.754. The first-order valence-electron chi connectivity index (χ1n) is 19.3. The summed E-state index contributed by atoms with van der Waals surface area (Å²) in [6.45, 7) is 33.5. The summed E-state index contributed by atoms with van der Waals surface area (Å²) >= 11 is 0. The number of hydrogen-bond donors (Lipinski definition) is 1. The average molecular weight is 801 g/mol. The number of rotatable bonds is 17. The Hall–Kier alpha value is -1.71. The third kappa shape index (κ3) is 14.1. The van der Waals surface area contributed by atoms with E-state index in [1.807, 2.05) is 0 Å². The number of carboxylic acids is 1. The van der Waals surface area contributed by atoms with Crippen molar-refractivity contribution in [2.75, 3.05) is 6.61 Å². The molecule has 1 fully saturated rings. The lowest BCUT2D eigenvalue weighted by Gasteiger charge is -2.40. The van der Waals surface area contributed by atoms with Crippen molar-refractivity contribution in [2.45, 2.75) is 173 Å². The number of unbranched alkanes of at least 4 members (excludes halogenated alkanes) is 1. The highest BCUT2D eigenvalue weighted by atomic mass is 28.4. The molecule has 2 rings (SSSR count). The highest BCUT2D eigenvalue weighted by Gasteiger charge is 2.50. The summed E-state index contributed by atoms with van der Waals surface area (Å²) in [5.74, 6) is -0.587. The Morgan fingerprint density at radius 3 is 1.91 bits per heavy atom. The van der Waals surface area contributed by atoms with Crippen molar-refractivity contribution >= 4 is 30.9 Å². The van der Waals surface area contributed by atoms with Crippen molar-refractivity contribution in [3.63, 3.8) is 0 Å².